The highest BCUT2D eigenvalue weighted by molar-refractivity contribution is 5.98. The zero-order chi connectivity index (χ0) is 88.5. The maximum atomic E-state index is 14.7. The summed E-state index contributed by atoms with van der Waals surface area (Å²) < 4.78 is 78.6. The summed E-state index contributed by atoms with van der Waals surface area (Å²) in [6.45, 7) is 6.50. The molecule has 0 saturated carbocycles. The number of rotatable bonds is 22. The van der Waals surface area contributed by atoms with Gasteiger partial charge in [0, 0.05) is 156 Å². The summed E-state index contributed by atoms with van der Waals surface area (Å²) in [5.74, 6) is 0.599. The number of hydrogen-bond acceptors (Lipinski definition) is 20. The standard InChI is InChI=1S/C26H26F3N3O3.C26H30N4O2.C24H25N3O2.C22H22FN5O2/c27-26(28,29)22-13-18(21-12-19(14-31-24(21)30)16-8-10-35-11-9-16)6-7-20(22)25(34)32-23(15-33)17-4-2-1-3-5-17;1-30(2)23-5-3-4-18(14-23)16-29-26(31)21-8-6-20(7-9-21)24-15-22(17-28-25(24)27)19-10-12-32-13-11-19;25-23-22(14-21(16-26-23)18-10-12-29-13-11-18)19-6-8-20(9-7-19)24(28)27-15-17-4-2-1-3-5-17;23-20-10-15(1-2-18(20)22(29)28-13-17-12-25-5-6-26-17)19-9-16(11-27-21(19)24)14-3-7-30-8-4-14/h1-7,12-14,16,23,33H,8-11,15H2,(H2,30,31)(H,32,34);3-9,14-15,17,19H,10-13,16H2,1-2H3,(H2,27,28)(H,29,31);1-9,14,16,18H,10-13,15H2,(H2,25,26)(H,27,28);1-2,5-6,9-12,14H,3-4,7-8,13H2,(H2,24,27)(H,28,29)/t23-;;;/m1.../s1. The Balaban J connectivity index is 0.000000144. The molecule has 0 unspecified atom stereocenters. The first kappa shape index (κ1) is 90.3. The van der Waals surface area contributed by atoms with Crippen molar-refractivity contribution in [2.45, 2.75) is 107 Å². The van der Waals surface area contributed by atoms with Crippen molar-refractivity contribution >= 4 is 52.6 Å². The van der Waals surface area contributed by atoms with Crippen LogP contribution in [0.4, 0.5) is 46.5 Å². The number of aliphatic hydroxyl groups excluding tert-OH is 1. The van der Waals surface area contributed by atoms with Gasteiger partial charge >= 0.3 is 6.18 Å². The molecule has 126 heavy (non-hydrogen) atoms. The van der Waals surface area contributed by atoms with E-state index in [9.17, 15) is 41.8 Å². The lowest BCUT2D eigenvalue weighted by molar-refractivity contribution is -0.137. The van der Waals surface area contributed by atoms with Gasteiger partial charge in [0.1, 0.15) is 29.1 Å². The second-order valence-corrected chi connectivity index (χ2v) is 31.4. The maximum absolute atomic E-state index is 14.7. The SMILES string of the molecule is CN(C)c1cccc(CNC(=O)c2ccc(-c3cc(C4CCOCC4)cnc3N)cc2)c1.Nc1ncc(C2CCOCC2)cc1-c1ccc(C(=O)NCc2ccccc2)cc1.Nc1ncc(C2CCOCC2)cc1-c1ccc(C(=O)NCc2cnccn2)c(F)c1.Nc1ncc(C2CCOCC2)cc1-c1ccc(C(=O)N[C@H](CO)c2ccccc2)c(C(F)(F)F)c1. The largest absolute Gasteiger partial charge is 0.417 e. The summed E-state index contributed by atoms with van der Waals surface area (Å²) in [4.78, 5) is 77.7. The van der Waals surface area contributed by atoms with Crippen LogP contribution in [0.15, 0.2) is 238 Å². The fourth-order valence-electron chi connectivity index (χ4n) is 15.5. The predicted octanol–water partition coefficient (Wildman–Crippen LogP) is 16.2. The second-order valence-electron chi connectivity index (χ2n) is 31.4. The number of nitrogens with one attached hydrogen (secondary N) is 4. The zero-order valence-electron chi connectivity index (χ0n) is 70.2. The van der Waals surface area contributed by atoms with Crippen molar-refractivity contribution in [1.82, 2.24) is 51.2 Å². The topological polar surface area (TPSA) is 358 Å². The number of benzene rings is 7. The fraction of sp³-hybridized carbons (Fsp3) is 0.286. The minimum atomic E-state index is -4.79. The third kappa shape index (κ3) is 24.4. The Morgan fingerprint density at radius 1 is 0.429 bits per heavy atom. The number of pyridine rings is 4. The third-order valence-electron chi connectivity index (χ3n) is 22.8. The summed E-state index contributed by atoms with van der Waals surface area (Å²) in [7, 11) is 4.00. The number of nitrogens with zero attached hydrogens (tertiary/aromatic N) is 7. The molecule has 1 atom stereocenters. The van der Waals surface area contributed by atoms with Crippen LogP contribution in [0.1, 0.15) is 173 Å². The number of nitrogen functional groups attached to an aromatic ring is 4. The number of amides is 4. The predicted molar refractivity (Wildman–Crippen MR) is 479 cm³/mol. The van der Waals surface area contributed by atoms with Gasteiger partial charge < -0.3 is 73.2 Å². The van der Waals surface area contributed by atoms with E-state index < -0.39 is 47.6 Å². The maximum Gasteiger partial charge on any atom is 0.417 e. The van der Waals surface area contributed by atoms with Crippen molar-refractivity contribution in [1.29, 1.82) is 0 Å². The number of hydrogen-bond donors (Lipinski definition) is 9. The lowest BCUT2D eigenvalue weighted by Crippen LogP contribution is -2.32. The van der Waals surface area contributed by atoms with Crippen LogP contribution in [0.5, 0.6) is 0 Å². The number of aliphatic hydroxyl groups is 1. The molecule has 28 heteroatoms. The van der Waals surface area contributed by atoms with E-state index in [2.05, 4.69) is 69.4 Å². The molecular formula is C98H103F4N15O9. The Bertz CT molecular complexity index is 5650. The van der Waals surface area contributed by atoms with Gasteiger partial charge in [-0.3, -0.25) is 29.1 Å². The summed E-state index contributed by atoms with van der Waals surface area (Å²) >= 11 is 0. The highest BCUT2D eigenvalue weighted by atomic mass is 19.4. The molecule has 5 aromatic heterocycles. The van der Waals surface area contributed by atoms with Crippen LogP contribution in [0.25, 0.3) is 44.5 Å². The van der Waals surface area contributed by atoms with Gasteiger partial charge in [0.2, 0.25) is 0 Å². The van der Waals surface area contributed by atoms with E-state index in [4.69, 9.17) is 41.9 Å². The van der Waals surface area contributed by atoms with Crippen LogP contribution < -0.4 is 49.1 Å². The van der Waals surface area contributed by atoms with E-state index in [1.165, 1.54) is 35.5 Å². The van der Waals surface area contributed by atoms with Crippen molar-refractivity contribution in [3.05, 3.63) is 316 Å². The Morgan fingerprint density at radius 2 is 0.825 bits per heavy atom. The molecule has 0 aliphatic carbocycles. The van der Waals surface area contributed by atoms with E-state index in [0.29, 0.717) is 101 Å². The molecule has 4 aliphatic heterocycles. The summed E-state index contributed by atoms with van der Waals surface area (Å²) in [5.41, 5.74) is 38.3. The molecule has 4 fully saturated rings. The lowest BCUT2D eigenvalue weighted by atomic mass is 9.90. The summed E-state index contributed by atoms with van der Waals surface area (Å²) in [6, 6.07) is 56.7. The number of anilines is 5. The second kappa shape index (κ2) is 43.8. The van der Waals surface area contributed by atoms with E-state index >= 15 is 0 Å². The fourth-order valence-corrected chi connectivity index (χ4v) is 15.5. The molecule has 7 aromatic carbocycles. The van der Waals surface area contributed by atoms with Crippen molar-refractivity contribution in [2.75, 3.05) is 101 Å². The number of carbonyl (C=O) groups is 4. The molecule has 9 heterocycles. The van der Waals surface area contributed by atoms with Crippen LogP contribution in [0.3, 0.4) is 0 Å². The lowest BCUT2D eigenvalue weighted by Gasteiger charge is -2.23. The smallest absolute Gasteiger partial charge is 0.394 e. The average Bonchev–Trinajstić information content (AvgIpc) is 0.789. The number of aromatic nitrogens is 6. The molecule has 12 aromatic rings. The number of halogens is 4. The minimum Gasteiger partial charge on any atom is -0.394 e. The molecule has 0 spiro atoms. The molecule has 0 bridgehead atoms. The number of carbonyl (C=O) groups excluding carboxylic acids is 4. The summed E-state index contributed by atoms with van der Waals surface area (Å²) in [6.07, 6.45) is 14.5. The van der Waals surface area contributed by atoms with Gasteiger partial charge in [-0.1, -0.05) is 109 Å². The van der Waals surface area contributed by atoms with Crippen LogP contribution >= 0.6 is 0 Å². The highest BCUT2D eigenvalue weighted by Gasteiger charge is 2.37. The van der Waals surface area contributed by atoms with Gasteiger partial charge in [-0.2, -0.15) is 13.2 Å². The van der Waals surface area contributed by atoms with Crippen LogP contribution in [-0.2, 0) is 44.8 Å². The Morgan fingerprint density at radius 3 is 1.24 bits per heavy atom. The molecule has 4 aliphatic rings. The highest BCUT2D eigenvalue weighted by Crippen LogP contribution is 2.41. The Kier molecular flexibility index (Phi) is 31.4. The van der Waals surface area contributed by atoms with Crippen molar-refractivity contribution in [3.8, 4) is 44.5 Å². The zero-order valence-corrected chi connectivity index (χ0v) is 70.2. The third-order valence-corrected chi connectivity index (χ3v) is 22.8. The first-order chi connectivity index (χ1) is 61.1. The van der Waals surface area contributed by atoms with E-state index in [0.717, 1.165) is 153 Å². The number of nitrogens with two attached hydrogens (primary N) is 4. The molecular weight excluding hydrogens is 1610 g/mol. The van der Waals surface area contributed by atoms with Gasteiger partial charge in [-0.05, 0) is 221 Å². The molecule has 652 valence electrons. The van der Waals surface area contributed by atoms with Crippen LogP contribution in [0, 0.1) is 5.82 Å². The Labute approximate surface area is 729 Å². The normalized spacial score (nSPS) is 14.7. The van der Waals surface area contributed by atoms with Gasteiger partial charge in [0.15, 0.2) is 0 Å². The van der Waals surface area contributed by atoms with Crippen LogP contribution in [-0.4, -0.2) is 132 Å². The van der Waals surface area contributed by atoms with Gasteiger partial charge in [0.25, 0.3) is 23.6 Å². The van der Waals surface area contributed by atoms with Crippen LogP contribution in [0.2, 0.25) is 0 Å². The summed E-state index contributed by atoms with van der Waals surface area (Å²) in [5, 5.41) is 20.8. The molecule has 4 amide bonds. The number of alkyl halides is 3. The molecule has 4 saturated heterocycles. The number of ether oxygens (including phenoxy) is 4. The van der Waals surface area contributed by atoms with Crippen molar-refractivity contribution in [3.63, 3.8) is 0 Å². The molecule has 24 nitrogen and oxygen atoms in total. The first-order valence-corrected chi connectivity index (χ1v) is 42.0. The van der Waals surface area contributed by atoms with Gasteiger partial charge in [0.05, 0.1) is 47.8 Å². The molecule has 0 radical (unpaired) electrons. The van der Waals surface area contributed by atoms with E-state index in [1.54, 1.807) is 67.3 Å². The Hall–Kier alpha value is -13.4. The van der Waals surface area contributed by atoms with E-state index in [-0.39, 0.29) is 41.2 Å². The first-order valence-electron chi connectivity index (χ1n) is 42.0. The van der Waals surface area contributed by atoms with Gasteiger partial charge in [-0.25, -0.2) is 24.3 Å². The average molecular weight is 1710 g/mol. The van der Waals surface area contributed by atoms with Crippen molar-refractivity contribution in [2.24, 2.45) is 0 Å². The van der Waals surface area contributed by atoms with E-state index in [1.807, 2.05) is 135 Å². The molecule has 16 rings (SSSR count). The quantitative estimate of drug-likeness (QED) is 0.0285. The molecule has 13 N–H and O–H groups in total. The monoisotopic (exact) mass is 1710 g/mol. The van der Waals surface area contributed by atoms with Gasteiger partial charge in [-0.15, -0.1) is 0 Å². The van der Waals surface area contributed by atoms with Crippen molar-refractivity contribution < 1.29 is 60.8 Å². The minimum absolute atomic E-state index is 0.0465.